The number of phenols is 1. The number of hydrogen-bond donors (Lipinski definition) is 1. The topological polar surface area (TPSA) is 45.2 Å². The van der Waals surface area contributed by atoms with Crippen LogP contribution in [0.25, 0.3) is 0 Å². The van der Waals surface area contributed by atoms with E-state index in [0.29, 0.717) is 11.8 Å². The summed E-state index contributed by atoms with van der Waals surface area (Å²) in [5.74, 6) is 0.825. The average molecular weight is 292 g/mol. The number of aromatic hydroxyl groups is 1. The first-order chi connectivity index (χ1) is 10.3. The van der Waals surface area contributed by atoms with Crippen LogP contribution in [0.2, 0.25) is 0 Å². The molecular weight excluding hydrogens is 268 g/mol. The second-order valence-electron chi connectivity index (χ2n) is 5.79. The van der Waals surface area contributed by atoms with Crippen molar-refractivity contribution in [3.8, 4) is 11.5 Å². The molecule has 5 nitrogen and oxygen atoms in total. The van der Waals surface area contributed by atoms with Crippen molar-refractivity contribution in [2.75, 3.05) is 46.5 Å². The predicted molar refractivity (Wildman–Crippen MR) is 80.7 cm³/mol. The van der Waals surface area contributed by atoms with Gasteiger partial charge in [0.15, 0.2) is 11.5 Å². The van der Waals surface area contributed by atoms with Gasteiger partial charge in [0.25, 0.3) is 0 Å². The van der Waals surface area contributed by atoms with Gasteiger partial charge in [0, 0.05) is 44.3 Å². The maximum atomic E-state index is 10.2. The molecule has 0 spiro atoms. The monoisotopic (exact) mass is 292 g/mol. The van der Waals surface area contributed by atoms with E-state index in [1.807, 2.05) is 12.1 Å². The van der Waals surface area contributed by atoms with Gasteiger partial charge in [-0.1, -0.05) is 12.1 Å². The Morgan fingerprint density at radius 1 is 1.29 bits per heavy atom. The highest BCUT2D eigenvalue weighted by atomic mass is 16.5. The van der Waals surface area contributed by atoms with Gasteiger partial charge in [-0.05, 0) is 12.5 Å². The predicted octanol–water partition coefficient (Wildman–Crippen LogP) is 1.31. The lowest BCUT2D eigenvalue weighted by molar-refractivity contribution is 0.0183. The van der Waals surface area contributed by atoms with Crippen LogP contribution in [-0.4, -0.2) is 67.5 Å². The van der Waals surface area contributed by atoms with Crippen molar-refractivity contribution < 1.29 is 14.6 Å². The lowest BCUT2D eigenvalue weighted by Gasteiger charge is -2.32. The molecule has 1 aromatic carbocycles. The zero-order valence-electron chi connectivity index (χ0n) is 12.6. The third-order valence-electron chi connectivity index (χ3n) is 4.51. The molecule has 3 rings (SSSR count). The van der Waals surface area contributed by atoms with E-state index >= 15 is 0 Å². The van der Waals surface area contributed by atoms with Gasteiger partial charge in [0.1, 0.15) is 0 Å². The van der Waals surface area contributed by atoms with Crippen molar-refractivity contribution in [3.63, 3.8) is 0 Å². The van der Waals surface area contributed by atoms with Gasteiger partial charge in [0.2, 0.25) is 0 Å². The fourth-order valence-electron chi connectivity index (χ4n) is 3.30. The van der Waals surface area contributed by atoms with E-state index in [-0.39, 0.29) is 5.75 Å². The maximum absolute atomic E-state index is 10.2. The molecule has 0 aliphatic carbocycles. The number of hydrogen-bond acceptors (Lipinski definition) is 5. The van der Waals surface area contributed by atoms with E-state index in [2.05, 4.69) is 9.80 Å². The largest absolute Gasteiger partial charge is 0.504 e. The fraction of sp³-hybridized carbons (Fsp3) is 0.625. The van der Waals surface area contributed by atoms with Crippen LogP contribution in [0.4, 0.5) is 0 Å². The number of likely N-dealkylation sites (tertiary alicyclic amines) is 1. The zero-order valence-corrected chi connectivity index (χ0v) is 12.6. The van der Waals surface area contributed by atoms with E-state index < -0.39 is 0 Å². The molecule has 1 unspecified atom stereocenters. The fourth-order valence-corrected chi connectivity index (χ4v) is 3.30. The van der Waals surface area contributed by atoms with Crippen LogP contribution in [0.5, 0.6) is 11.5 Å². The van der Waals surface area contributed by atoms with E-state index in [1.54, 1.807) is 13.2 Å². The van der Waals surface area contributed by atoms with Crippen LogP contribution >= 0.6 is 0 Å². The molecule has 2 aliphatic rings. The third kappa shape index (κ3) is 3.31. The first-order valence-corrected chi connectivity index (χ1v) is 7.67. The molecule has 1 N–H and O–H groups in total. The quantitative estimate of drug-likeness (QED) is 0.906. The van der Waals surface area contributed by atoms with Crippen LogP contribution in [-0.2, 0) is 11.3 Å². The second kappa shape index (κ2) is 6.64. The molecule has 1 atom stereocenters. The summed E-state index contributed by atoms with van der Waals surface area (Å²) in [6.45, 7) is 6.73. The third-order valence-corrected chi connectivity index (χ3v) is 4.51. The summed E-state index contributed by atoms with van der Waals surface area (Å²) in [6, 6.07) is 6.32. The standard InChI is InChI=1S/C16H24N2O3/c1-20-15-4-2-3-13(16(15)19)11-17-6-5-14(12-17)18-7-9-21-10-8-18/h2-4,14,19H,5-12H2,1H3. The van der Waals surface area contributed by atoms with Crippen LogP contribution in [0, 0.1) is 0 Å². The molecule has 0 radical (unpaired) electrons. The van der Waals surface area contributed by atoms with Crippen LogP contribution < -0.4 is 4.74 Å². The Balaban J connectivity index is 1.59. The summed E-state index contributed by atoms with van der Waals surface area (Å²) in [4.78, 5) is 4.95. The second-order valence-corrected chi connectivity index (χ2v) is 5.79. The van der Waals surface area contributed by atoms with Crippen LogP contribution in [0.15, 0.2) is 18.2 Å². The molecule has 0 amide bonds. The Morgan fingerprint density at radius 2 is 2.10 bits per heavy atom. The average Bonchev–Trinajstić information content (AvgIpc) is 2.99. The SMILES string of the molecule is COc1cccc(CN2CCC(N3CCOCC3)C2)c1O. The molecule has 0 saturated carbocycles. The van der Waals surface area contributed by atoms with Gasteiger partial charge < -0.3 is 14.6 Å². The minimum atomic E-state index is 0.273. The highest BCUT2D eigenvalue weighted by Gasteiger charge is 2.29. The Hall–Kier alpha value is -1.30. The highest BCUT2D eigenvalue weighted by molar-refractivity contribution is 5.45. The van der Waals surface area contributed by atoms with Crippen LogP contribution in [0.3, 0.4) is 0 Å². The van der Waals surface area contributed by atoms with Crippen molar-refractivity contribution in [1.29, 1.82) is 0 Å². The van der Waals surface area contributed by atoms with Crippen molar-refractivity contribution in [1.82, 2.24) is 9.80 Å². The summed E-state index contributed by atoms with van der Waals surface area (Å²) in [5.41, 5.74) is 0.942. The molecule has 2 saturated heterocycles. The van der Waals surface area contributed by atoms with Gasteiger partial charge in [-0.2, -0.15) is 0 Å². The molecule has 0 bridgehead atoms. The smallest absolute Gasteiger partial charge is 0.162 e. The number of methoxy groups -OCH3 is 1. The lowest BCUT2D eigenvalue weighted by atomic mass is 10.1. The number of ether oxygens (including phenoxy) is 2. The lowest BCUT2D eigenvalue weighted by Crippen LogP contribution is -2.44. The van der Waals surface area contributed by atoms with E-state index in [1.165, 1.54) is 6.42 Å². The molecule has 2 fully saturated rings. The molecule has 2 heterocycles. The zero-order chi connectivity index (χ0) is 14.7. The van der Waals surface area contributed by atoms with Gasteiger partial charge in [-0.3, -0.25) is 9.80 Å². The Labute approximate surface area is 126 Å². The van der Waals surface area contributed by atoms with Gasteiger partial charge in [0.05, 0.1) is 20.3 Å². The van der Waals surface area contributed by atoms with Crippen molar-refractivity contribution in [2.24, 2.45) is 0 Å². The molecule has 1 aromatic rings. The molecule has 116 valence electrons. The maximum Gasteiger partial charge on any atom is 0.162 e. The van der Waals surface area contributed by atoms with Crippen molar-refractivity contribution in [3.05, 3.63) is 23.8 Å². The minimum Gasteiger partial charge on any atom is -0.504 e. The molecule has 2 aliphatic heterocycles. The molecular formula is C16H24N2O3. The Morgan fingerprint density at radius 3 is 2.86 bits per heavy atom. The van der Waals surface area contributed by atoms with Gasteiger partial charge in [-0.15, -0.1) is 0 Å². The van der Waals surface area contributed by atoms with Gasteiger partial charge in [-0.25, -0.2) is 0 Å². The Kier molecular flexibility index (Phi) is 4.63. The number of benzene rings is 1. The summed E-state index contributed by atoms with van der Waals surface area (Å²) < 4.78 is 10.6. The van der Waals surface area contributed by atoms with E-state index in [9.17, 15) is 5.11 Å². The molecule has 5 heteroatoms. The molecule has 0 aromatic heterocycles. The normalized spacial score (nSPS) is 24.3. The first-order valence-electron chi connectivity index (χ1n) is 7.67. The highest BCUT2D eigenvalue weighted by Crippen LogP contribution is 2.31. The number of morpholine rings is 1. The van der Waals surface area contributed by atoms with Crippen molar-refractivity contribution in [2.45, 2.75) is 19.0 Å². The van der Waals surface area contributed by atoms with E-state index in [0.717, 1.165) is 51.5 Å². The van der Waals surface area contributed by atoms with E-state index in [4.69, 9.17) is 9.47 Å². The minimum absolute atomic E-state index is 0.273. The summed E-state index contributed by atoms with van der Waals surface area (Å²) in [7, 11) is 1.59. The van der Waals surface area contributed by atoms with Crippen molar-refractivity contribution >= 4 is 0 Å². The summed E-state index contributed by atoms with van der Waals surface area (Å²) in [5, 5.41) is 10.2. The Bertz CT molecular complexity index is 475. The number of para-hydroxylation sites is 1. The summed E-state index contributed by atoms with van der Waals surface area (Å²) in [6.07, 6.45) is 1.20. The van der Waals surface area contributed by atoms with Crippen LogP contribution in [0.1, 0.15) is 12.0 Å². The number of rotatable bonds is 4. The summed E-state index contributed by atoms with van der Waals surface area (Å²) >= 11 is 0. The molecule has 21 heavy (non-hydrogen) atoms. The van der Waals surface area contributed by atoms with Gasteiger partial charge >= 0.3 is 0 Å². The number of phenolic OH excluding ortho intramolecular Hbond substituents is 1. The first kappa shape index (κ1) is 14.6. The number of nitrogens with zero attached hydrogens (tertiary/aromatic N) is 2.